The van der Waals surface area contributed by atoms with Crippen LogP contribution in [-0.2, 0) is 7.05 Å². The Hall–Kier alpha value is -0.550. The van der Waals surface area contributed by atoms with Gasteiger partial charge in [-0.2, -0.15) is 0 Å². The molecule has 0 radical (unpaired) electrons. The first-order chi connectivity index (χ1) is 6.36. The molecule has 1 saturated heterocycles. The molecular formula is C8H14N4S. The second kappa shape index (κ2) is 4.11. The zero-order chi connectivity index (χ0) is 9.10. The third kappa shape index (κ3) is 2.22. The first kappa shape index (κ1) is 9.02. The van der Waals surface area contributed by atoms with E-state index in [2.05, 4.69) is 15.5 Å². The molecule has 1 aliphatic rings. The summed E-state index contributed by atoms with van der Waals surface area (Å²) >= 11 is 1.82. The highest BCUT2D eigenvalue weighted by molar-refractivity contribution is 7.99. The minimum Gasteiger partial charge on any atom is -0.316 e. The molecule has 4 nitrogen and oxygen atoms in total. The van der Waals surface area contributed by atoms with Crippen LogP contribution in [0.3, 0.4) is 0 Å². The molecule has 1 fully saturated rings. The van der Waals surface area contributed by atoms with Gasteiger partial charge in [-0.25, -0.2) is 0 Å². The van der Waals surface area contributed by atoms with Crippen LogP contribution >= 0.6 is 11.8 Å². The first-order valence-corrected chi connectivity index (χ1v) is 5.45. The van der Waals surface area contributed by atoms with Crippen molar-refractivity contribution in [1.82, 2.24) is 20.1 Å². The molecule has 0 saturated carbocycles. The maximum absolute atomic E-state index is 4.06. The minimum atomic E-state index is 0.664. The highest BCUT2D eigenvalue weighted by Crippen LogP contribution is 2.24. The van der Waals surface area contributed by atoms with Crippen molar-refractivity contribution in [3.63, 3.8) is 0 Å². The van der Waals surface area contributed by atoms with E-state index in [1.165, 1.54) is 12.8 Å². The number of aromatic nitrogens is 3. The molecule has 0 aliphatic carbocycles. The summed E-state index contributed by atoms with van der Waals surface area (Å²) in [5.41, 5.74) is 0. The van der Waals surface area contributed by atoms with E-state index in [0.29, 0.717) is 5.25 Å². The van der Waals surface area contributed by atoms with Crippen molar-refractivity contribution in [1.29, 1.82) is 0 Å². The van der Waals surface area contributed by atoms with E-state index in [1.54, 1.807) is 6.33 Å². The molecule has 1 aromatic rings. The van der Waals surface area contributed by atoms with Gasteiger partial charge >= 0.3 is 0 Å². The predicted molar refractivity (Wildman–Crippen MR) is 52.8 cm³/mol. The van der Waals surface area contributed by atoms with Gasteiger partial charge in [-0.1, -0.05) is 11.8 Å². The third-order valence-corrected chi connectivity index (χ3v) is 3.51. The Morgan fingerprint density at radius 1 is 1.69 bits per heavy atom. The van der Waals surface area contributed by atoms with Gasteiger partial charge in [-0.3, -0.25) is 0 Å². The van der Waals surface area contributed by atoms with Crippen LogP contribution in [0.1, 0.15) is 12.8 Å². The van der Waals surface area contributed by atoms with Crippen LogP contribution in [0.2, 0.25) is 0 Å². The van der Waals surface area contributed by atoms with Crippen LogP contribution in [0.5, 0.6) is 0 Å². The average Bonchev–Trinajstić information content (AvgIpc) is 2.54. The highest BCUT2D eigenvalue weighted by Gasteiger charge is 2.16. The van der Waals surface area contributed by atoms with Crippen LogP contribution < -0.4 is 5.32 Å². The van der Waals surface area contributed by atoms with E-state index in [0.717, 1.165) is 18.2 Å². The number of piperidine rings is 1. The summed E-state index contributed by atoms with van der Waals surface area (Å²) in [6.45, 7) is 2.26. The fraction of sp³-hybridized carbons (Fsp3) is 0.750. The molecule has 72 valence electrons. The second-order valence-corrected chi connectivity index (χ2v) is 4.58. The number of hydrogen-bond acceptors (Lipinski definition) is 4. The lowest BCUT2D eigenvalue weighted by Gasteiger charge is -2.21. The number of hydrogen-bond donors (Lipinski definition) is 1. The predicted octanol–water partition coefficient (Wildman–Crippen LogP) is 0.659. The smallest absolute Gasteiger partial charge is 0.191 e. The van der Waals surface area contributed by atoms with Crippen LogP contribution in [0.25, 0.3) is 0 Å². The van der Waals surface area contributed by atoms with E-state index >= 15 is 0 Å². The van der Waals surface area contributed by atoms with E-state index in [-0.39, 0.29) is 0 Å². The Balaban J connectivity index is 1.93. The van der Waals surface area contributed by atoms with E-state index in [4.69, 9.17) is 0 Å². The lowest BCUT2D eigenvalue weighted by Crippen LogP contribution is -2.31. The minimum absolute atomic E-state index is 0.664. The summed E-state index contributed by atoms with van der Waals surface area (Å²) in [7, 11) is 1.98. The Kier molecular flexibility index (Phi) is 2.85. The van der Waals surface area contributed by atoms with E-state index < -0.39 is 0 Å². The topological polar surface area (TPSA) is 42.7 Å². The van der Waals surface area contributed by atoms with Crippen molar-refractivity contribution >= 4 is 11.8 Å². The fourth-order valence-corrected chi connectivity index (χ4v) is 2.54. The molecule has 1 aliphatic heterocycles. The van der Waals surface area contributed by atoms with Gasteiger partial charge in [0.15, 0.2) is 5.16 Å². The maximum Gasteiger partial charge on any atom is 0.191 e. The molecule has 13 heavy (non-hydrogen) atoms. The fourth-order valence-electron chi connectivity index (χ4n) is 1.45. The second-order valence-electron chi connectivity index (χ2n) is 3.31. The van der Waals surface area contributed by atoms with E-state index in [1.807, 2.05) is 23.4 Å². The monoisotopic (exact) mass is 198 g/mol. The number of thioether (sulfide) groups is 1. The summed E-state index contributed by atoms with van der Waals surface area (Å²) in [6, 6.07) is 0. The molecule has 2 heterocycles. The van der Waals surface area contributed by atoms with Gasteiger partial charge in [0, 0.05) is 18.8 Å². The Morgan fingerprint density at radius 3 is 3.23 bits per heavy atom. The Bertz CT molecular complexity index is 267. The normalized spacial score (nSPS) is 23.3. The molecule has 1 atom stereocenters. The Labute approximate surface area is 82.1 Å². The van der Waals surface area contributed by atoms with Crippen molar-refractivity contribution < 1.29 is 0 Å². The lowest BCUT2D eigenvalue weighted by molar-refractivity contribution is 0.530. The quantitative estimate of drug-likeness (QED) is 0.758. The van der Waals surface area contributed by atoms with Crippen molar-refractivity contribution in [2.75, 3.05) is 13.1 Å². The van der Waals surface area contributed by atoms with Crippen molar-refractivity contribution in [2.45, 2.75) is 23.2 Å². The molecule has 0 spiro atoms. The average molecular weight is 198 g/mol. The molecule has 2 rings (SSSR count). The van der Waals surface area contributed by atoms with Gasteiger partial charge in [0.25, 0.3) is 0 Å². The van der Waals surface area contributed by atoms with Crippen molar-refractivity contribution in [3.05, 3.63) is 6.33 Å². The number of aryl methyl sites for hydroxylation is 1. The van der Waals surface area contributed by atoms with Gasteiger partial charge in [-0.15, -0.1) is 10.2 Å². The Morgan fingerprint density at radius 2 is 2.62 bits per heavy atom. The summed E-state index contributed by atoms with van der Waals surface area (Å²) < 4.78 is 1.97. The molecule has 0 amide bonds. The van der Waals surface area contributed by atoms with Crippen LogP contribution in [0.15, 0.2) is 11.5 Å². The number of nitrogens with zero attached hydrogens (tertiary/aromatic N) is 3. The van der Waals surface area contributed by atoms with Gasteiger partial charge in [0.1, 0.15) is 6.33 Å². The largest absolute Gasteiger partial charge is 0.316 e. The van der Waals surface area contributed by atoms with Crippen LogP contribution in [0, 0.1) is 0 Å². The summed E-state index contributed by atoms with van der Waals surface area (Å²) in [6.07, 6.45) is 4.30. The molecular weight excluding hydrogens is 184 g/mol. The van der Waals surface area contributed by atoms with Crippen LogP contribution in [-0.4, -0.2) is 33.1 Å². The molecule has 1 N–H and O–H groups in total. The maximum atomic E-state index is 4.06. The summed E-state index contributed by atoms with van der Waals surface area (Å²) in [5, 5.41) is 13.0. The molecule has 5 heteroatoms. The van der Waals surface area contributed by atoms with Crippen LogP contribution in [0.4, 0.5) is 0 Å². The zero-order valence-corrected chi connectivity index (χ0v) is 8.55. The lowest BCUT2D eigenvalue weighted by atomic mass is 10.2. The summed E-state index contributed by atoms with van der Waals surface area (Å²) in [5.74, 6) is 0. The highest BCUT2D eigenvalue weighted by atomic mass is 32.2. The third-order valence-electron chi connectivity index (χ3n) is 2.19. The standard InChI is InChI=1S/C8H14N4S/c1-12-6-10-11-8(12)13-7-3-2-4-9-5-7/h6-7,9H,2-5H2,1H3/t7-/m1/s1. The molecule has 0 aromatic carbocycles. The number of nitrogens with one attached hydrogen (secondary N) is 1. The molecule has 0 unspecified atom stereocenters. The van der Waals surface area contributed by atoms with E-state index in [9.17, 15) is 0 Å². The van der Waals surface area contributed by atoms with Gasteiger partial charge in [0.05, 0.1) is 0 Å². The van der Waals surface area contributed by atoms with Gasteiger partial charge < -0.3 is 9.88 Å². The van der Waals surface area contributed by atoms with Gasteiger partial charge in [0.2, 0.25) is 0 Å². The SMILES string of the molecule is Cn1cnnc1S[C@@H]1CCCNC1. The van der Waals surface area contributed by atoms with Crippen molar-refractivity contribution in [3.8, 4) is 0 Å². The van der Waals surface area contributed by atoms with Gasteiger partial charge in [-0.05, 0) is 19.4 Å². The van der Waals surface area contributed by atoms with Crippen molar-refractivity contribution in [2.24, 2.45) is 7.05 Å². The number of rotatable bonds is 2. The molecule has 1 aromatic heterocycles. The summed E-state index contributed by atoms with van der Waals surface area (Å²) in [4.78, 5) is 0. The zero-order valence-electron chi connectivity index (χ0n) is 7.73. The first-order valence-electron chi connectivity index (χ1n) is 4.57. The molecule has 0 bridgehead atoms.